The molecule has 0 heterocycles. The Balaban J connectivity index is 1.93. The normalized spacial score (nSPS) is 24.9. The lowest BCUT2D eigenvalue weighted by molar-refractivity contribution is 0.0531. The highest BCUT2D eigenvalue weighted by molar-refractivity contribution is 5.19. The van der Waals surface area contributed by atoms with Gasteiger partial charge in [-0.05, 0) is 54.6 Å². The van der Waals surface area contributed by atoms with Crippen molar-refractivity contribution in [1.82, 2.24) is 0 Å². The molecule has 1 unspecified atom stereocenters. The summed E-state index contributed by atoms with van der Waals surface area (Å²) >= 11 is 0. The Kier molecular flexibility index (Phi) is 5.03. The Morgan fingerprint density at radius 1 is 1.14 bits per heavy atom. The van der Waals surface area contributed by atoms with Gasteiger partial charge in [-0.1, -0.05) is 32.9 Å². The predicted molar refractivity (Wildman–Crippen MR) is 81.0 cm³/mol. The molecule has 0 bridgehead atoms. The molecule has 1 nitrogen and oxygen atoms in total. The highest BCUT2D eigenvalue weighted by Crippen LogP contribution is 2.41. The molecule has 1 saturated carbocycles. The highest BCUT2D eigenvalue weighted by atomic mass is 19.2. The van der Waals surface area contributed by atoms with Crippen molar-refractivity contribution in [3.8, 4) is 0 Å². The van der Waals surface area contributed by atoms with Crippen LogP contribution < -0.4 is 0 Å². The average Bonchev–Trinajstić information content (AvgIpc) is 2.43. The maximum Gasteiger partial charge on any atom is 0.162 e. The van der Waals surface area contributed by atoms with Gasteiger partial charge in [0.15, 0.2) is 11.6 Å². The Hall–Kier alpha value is -0.960. The number of rotatable bonds is 3. The summed E-state index contributed by atoms with van der Waals surface area (Å²) in [6, 6.07) is 4.17. The maximum absolute atomic E-state index is 13.7. The summed E-state index contributed by atoms with van der Waals surface area (Å²) < 4.78 is 26.9. The van der Waals surface area contributed by atoms with Crippen LogP contribution in [0.5, 0.6) is 0 Å². The van der Waals surface area contributed by atoms with Gasteiger partial charge < -0.3 is 5.11 Å². The summed E-state index contributed by atoms with van der Waals surface area (Å²) in [6.45, 7) is 6.78. The van der Waals surface area contributed by atoms with Crippen LogP contribution in [-0.2, 0) is 6.42 Å². The molecular formula is C18H26F2O. The van der Waals surface area contributed by atoms with E-state index < -0.39 is 17.7 Å². The van der Waals surface area contributed by atoms with Crippen LogP contribution in [0.1, 0.15) is 52.0 Å². The van der Waals surface area contributed by atoms with Crippen molar-refractivity contribution in [2.24, 2.45) is 17.3 Å². The third kappa shape index (κ3) is 4.03. The molecule has 118 valence electrons. The van der Waals surface area contributed by atoms with Gasteiger partial charge in [-0.15, -0.1) is 0 Å². The van der Waals surface area contributed by atoms with E-state index in [1.54, 1.807) is 6.07 Å². The smallest absolute Gasteiger partial charge is 0.162 e. The first-order valence-electron chi connectivity index (χ1n) is 7.90. The second kappa shape index (κ2) is 6.43. The average molecular weight is 296 g/mol. The molecule has 1 N–H and O–H groups in total. The topological polar surface area (TPSA) is 20.2 Å². The van der Waals surface area contributed by atoms with Crippen LogP contribution in [0.3, 0.4) is 0 Å². The lowest BCUT2D eigenvalue weighted by Gasteiger charge is -2.38. The van der Waals surface area contributed by atoms with E-state index in [1.807, 2.05) is 0 Å². The summed E-state index contributed by atoms with van der Waals surface area (Å²) in [4.78, 5) is 0. The van der Waals surface area contributed by atoms with E-state index in [2.05, 4.69) is 20.8 Å². The number of benzene rings is 1. The molecule has 0 aromatic heterocycles. The number of halogens is 2. The van der Waals surface area contributed by atoms with Crippen molar-refractivity contribution in [2.75, 3.05) is 0 Å². The van der Waals surface area contributed by atoms with Crippen molar-refractivity contribution in [3.63, 3.8) is 0 Å². The molecule has 0 saturated heterocycles. The summed E-state index contributed by atoms with van der Waals surface area (Å²) in [6.07, 6.45) is 3.78. The molecule has 1 aliphatic rings. The van der Waals surface area contributed by atoms with Crippen molar-refractivity contribution < 1.29 is 13.9 Å². The molecule has 2 rings (SSSR count). The lowest BCUT2D eigenvalue weighted by atomic mass is 9.68. The second-order valence-electron chi connectivity index (χ2n) is 7.46. The zero-order valence-electron chi connectivity index (χ0n) is 13.2. The van der Waals surface area contributed by atoms with Crippen LogP contribution in [0.25, 0.3) is 0 Å². The minimum atomic E-state index is -0.837. The number of aliphatic hydroxyl groups excluding tert-OH is 1. The van der Waals surface area contributed by atoms with Gasteiger partial charge in [0.1, 0.15) is 0 Å². The van der Waals surface area contributed by atoms with Gasteiger partial charge in [-0.2, -0.15) is 0 Å². The van der Waals surface area contributed by atoms with E-state index in [0.717, 1.165) is 31.7 Å². The Morgan fingerprint density at radius 2 is 1.76 bits per heavy atom. The van der Waals surface area contributed by atoms with E-state index in [9.17, 15) is 13.9 Å². The SMILES string of the molecule is CC(C)(C)C1CCC(C(O)Cc2cccc(F)c2F)CC1. The van der Waals surface area contributed by atoms with E-state index in [4.69, 9.17) is 0 Å². The molecule has 1 fully saturated rings. The van der Waals surface area contributed by atoms with Gasteiger partial charge >= 0.3 is 0 Å². The summed E-state index contributed by atoms with van der Waals surface area (Å²) in [7, 11) is 0. The van der Waals surface area contributed by atoms with E-state index in [0.29, 0.717) is 11.3 Å². The Bertz CT molecular complexity index is 471. The van der Waals surface area contributed by atoms with Gasteiger partial charge in [-0.3, -0.25) is 0 Å². The zero-order chi connectivity index (χ0) is 15.6. The molecular weight excluding hydrogens is 270 g/mol. The molecule has 21 heavy (non-hydrogen) atoms. The fourth-order valence-electron chi connectivity index (χ4n) is 3.47. The minimum absolute atomic E-state index is 0.200. The number of hydrogen-bond donors (Lipinski definition) is 1. The Morgan fingerprint density at radius 3 is 2.33 bits per heavy atom. The van der Waals surface area contributed by atoms with Gasteiger partial charge in [0.25, 0.3) is 0 Å². The molecule has 0 aliphatic heterocycles. The second-order valence-corrected chi connectivity index (χ2v) is 7.46. The molecule has 0 amide bonds. The molecule has 1 atom stereocenters. The third-order valence-electron chi connectivity index (χ3n) is 5.00. The lowest BCUT2D eigenvalue weighted by Crippen LogP contribution is -2.32. The molecule has 0 radical (unpaired) electrons. The van der Waals surface area contributed by atoms with Gasteiger partial charge in [0.2, 0.25) is 0 Å². The van der Waals surface area contributed by atoms with Crippen molar-refractivity contribution in [2.45, 2.75) is 59.0 Å². The fraction of sp³-hybridized carbons (Fsp3) is 0.667. The van der Waals surface area contributed by atoms with Crippen molar-refractivity contribution >= 4 is 0 Å². The summed E-state index contributed by atoms with van der Waals surface area (Å²) in [5, 5.41) is 10.3. The van der Waals surface area contributed by atoms with E-state index >= 15 is 0 Å². The fourth-order valence-corrected chi connectivity index (χ4v) is 3.47. The molecule has 1 aromatic carbocycles. The molecule has 3 heteroatoms. The summed E-state index contributed by atoms with van der Waals surface area (Å²) in [5.74, 6) is -0.769. The standard InChI is InChI=1S/C18H26F2O/c1-18(2,3)14-9-7-12(8-10-14)16(21)11-13-5-4-6-15(19)17(13)20/h4-6,12,14,16,21H,7-11H2,1-3H3. The van der Waals surface area contributed by atoms with E-state index in [-0.39, 0.29) is 17.9 Å². The number of hydrogen-bond acceptors (Lipinski definition) is 1. The quantitative estimate of drug-likeness (QED) is 0.855. The van der Waals surface area contributed by atoms with Gasteiger partial charge in [0, 0.05) is 6.42 Å². The predicted octanol–water partition coefficient (Wildman–Crippen LogP) is 4.72. The first-order valence-corrected chi connectivity index (χ1v) is 7.90. The van der Waals surface area contributed by atoms with E-state index in [1.165, 1.54) is 6.07 Å². The molecule has 1 aromatic rings. The zero-order valence-corrected chi connectivity index (χ0v) is 13.2. The first kappa shape index (κ1) is 16.4. The van der Waals surface area contributed by atoms with Crippen LogP contribution in [0.4, 0.5) is 8.78 Å². The molecule has 1 aliphatic carbocycles. The van der Waals surface area contributed by atoms with Crippen LogP contribution in [0.15, 0.2) is 18.2 Å². The van der Waals surface area contributed by atoms with Gasteiger partial charge in [-0.25, -0.2) is 8.78 Å². The van der Waals surface area contributed by atoms with Crippen LogP contribution in [0, 0.1) is 28.9 Å². The highest BCUT2D eigenvalue weighted by Gasteiger charge is 2.32. The van der Waals surface area contributed by atoms with Gasteiger partial charge in [0.05, 0.1) is 6.10 Å². The number of aliphatic hydroxyl groups is 1. The van der Waals surface area contributed by atoms with Crippen molar-refractivity contribution in [1.29, 1.82) is 0 Å². The van der Waals surface area contributed by atoms with Crippen LogP contribution in [0.2, 0.25) is 0 Å². The minimum Gasteiger partial charge on any atom is -0.392 e. The summed E-state index contributed by atoms with van der Waals surface area (Å²) in [5.41, 5.74) is 0.588. The first-order chi connectivity index (χ1) is 9.79. The van der Waals surface area contributed by atoms with Crippen LogP contribution >= 0.6 is 0 Å². The molecule has 0 spiro atoms. The maximum atomic E-state index is 13.7. The van der Waals surface area contributed by atoms with Crippen molar-refractivity contribution in [3.05, 3.63) is 35.4 Å². The monoisotopic (exact) mass is 296 g/mol. The largest absolute Gasteiger partial charge is 0.392 e. The van der Waals surface area contributed by atoms with Crippen LogP contribution in [-0.4, -0.2) is 11.2 Å². The third-order valence-corrected chi connectivity index (χ3v) is 5.00. The Labute approximate surface area is 126 Å².